The average molecular weight is 440 g/mol. The molecule has 0 bridgehead atoms. The Labute approximate surface area is 191 Å². The molecule has 3 aliphatic rings. The van der Waals surface area contributed by atoms with Gasteiger partial charge in [0.05, 0.1) is 12.0 Å². The molecule has 1 N–H and O–H groups in total. The van der Waals surface area contributed by atoms with Crippen molar-refractivity contribution in [2.75, 3.05) is 19.6 Å². The van der Waals surface area contributed by atoms with E-state index >= 15 is 0 Å². The Morgan fingerprint density at radius 2 is 1.72 bits per heavy atom. The number of likely N-dealkylation sites (tertiary alicyclic amines) is 1. The normalized spacial score (nSPS) is 21.4. The third-order valence-electron chi connectivity index (χ3n) is 7.52. The second-order valence-corrected chi connectivity index (χ2v) is 10.3. The lowest BCUT2D eigenvalue weighted by Gasteiger charge is -2.43. The van der Waals surface area contributed by atoms with Gasteiger partial charge in [0.1, 0.15) is 0 Å². The molecule has 4 rings (SSSR count). The Hall–Kier alpha value is -2.37. The van der Waals surface area contributed by atoms with Gasteiger partial charge in [0, 0.05) is 31.6 Å². The van der Waals surface area contributed by atoms with Crippen LogP contribution in [0.3, 0.4) is 0 Å². The van der Waals surface area contributed by atoms with Crippen LogP contribution in [0.25, 0.3) is 0 Å². The van der Waals surface area contributed by atoms with Gasteiger partial charge in [0.15, 0.2) is 0 Å². The predicted molar refractivity (Wildman–Crippen MR) is 124 cm³/mol. The quantitative estimate of drug-likeness (QED) is 0.783. The van der Waals surface area contributed by atoms with Crippen LogP contribution in [0.15, 0.2) is 24.3 Å². The van der Waals surface area contributed by atoms with Gasteiger partial charge in [-0.25, -0.2) is 0 Å². The number of carbonyl (C=O) groups excluding carboxylic acids is 3. The van der Waals surface area contributed by atoms with Gasteiger partial charge in [-0.05, 0) is 57.1 Å². The van der Waals surface area contributed by atoms with Crippen molar-refractivity contribution in [2.45, 2.75) is 77.8 Å². The van der Waals surface area contributed by atoms with Crippen molar-refractivity contribution in [3.8, 4) is 0 Å². The van der Waals surface area contributed by atoms with Crippen molar-refractivity contribution in [1.82, 2.24) is 15.1 Å². The fourth-order valence-corrected chi connectivity index (χ4v) is 5.76. The Balaban J connectivity index is 1.52. The molecule has 0 aromatic heterocycles. The monoisotopic (exact) mass is 439 g/mol. The molecule has 1 aromatic rings. The number of hydrogen-bond donors (Lipinski definition) is 1. The first kappa shape index (κ1) is 22.8. The van der Waals surface area contributed by atoms with Gasteiger partial charge < -0.3 is 15.1 Å². The van der Waals surface area contributed by atoms with E-state index in [2.05, 4.69) is 17.4 Å². The first-order valence-corrected chi connectivity index (χ1v) is 12.3. The first-order valence-electron chi connectivity index (χ1n) is 12.3. The van der Waals surface area contributed by atoms with Crippen molar-refractivity contribution in [3.05, 3.63) is 35.4 Å². The lowest BCUT2D eigenvalue weighted by molar-refractivity contribution is -0.151. The van der Waals surface area contributed by atoms with Gasteiger partial charge in [0.25, 0.3) is 0 Å². The molecule has 1 spiro atoms. The van der Waals surface area contributed by atoms with Gasteiger partial charge in [-0.3, -0.25) is 14.4 Å². The number of fused-ring (bicyclic) bond motifs is 1. The Kier molecular flexibility index (Phi) is 6.87. The number of piperidine rings is 1. The van der Waals surface area contributed by atoms with E-state index in [9.17, 15) is 14.4 Å². The van der Waals surface area contributed by atoms with Crippen molar-refractivity contribution < 1.29 is 14.4 Å². The summed E-state index contributed by atoms with van der Waals surface area (Å²) >= 11 is 0. The molecular formula is C26H37N3O3. The largest absolute Gasteiger partial charge is 0.352 e. The van der Waals surface area contributed by atoms with E-state index in [-0.39, 0.29) is 36.2 Å². The van der Waals surface area contributed by atoms with Gasteiger partial charge in [-0.15, -0.1) is 0 Å². The standard InChI is InChI=1S/C26H37N3O3/c1-19(2)27-23(30)18-29-17-22-11-7-6-10-21(22)16-26(25(29)32)12-14-28(15-13-26)24(31)20-8-4-3-5-9-20/h6-7,10-11,19-20H,3-5,8-9,12-18H2,1-2H3,(H,27,30). The summed E-state index contributed by atoms with van der Waals surface area (Å²) in [6.07, 6.45) is 7.57. The molecule has 32 heavy (non-hydrogen) atoms. The fraction of sp³-hybridized carbons (Fsp3) is 0.654. The zero-order valence-corrected chi connectivity index (χ0v) is 19.6. The van der Waals surface area contributed by atoms with E-state index in [4.69, 9.17) is 0 Å². The minimum Gasteiger partial charge on any atom is -0.352 e. The summed E-state index contributed by atoms with van der Waals surface area (Å²) in [5, 5.41) is 2.92. The molecule has 2 heterocycles. The smallest absolute Gasteiger partial charge is 0.239 e. The van der Waals surface area contributed by atoms with E-state index in [0.29, 0.717) is 38.9 Å². The van der Waals surface area contributed by atoms with Crippen molar-refractivity contribution in [1.29, 1.82) is 0 Å². The minimum atomic E-state index is -0.534. The molecule has 2 aliphatic heterocycles. The van der Waals surface area contributed by atoms with E-state index in [1.807, 2.05) is 30.9 Å². The second kappa shape index (κ2) is 9.63. The summed E-state index contributed by atoms with van der Waals surface area (Å²) in [4.78, 5) is 43.2. The molecule has 0 unspecified atom stereocenters. The highest BCUT2D eigenvalue weighted by atomic mass is 16.2. The molecule has 1 saturated carbocycles. The highest BCUT2D eigenvalue weighted by Gasteiger charge is 2.47. The lowest BCUT2D eigenvalue weighted by Crippen LogP contribution is -2.53. The fourth-order valence-electron chi connectivity index (χ4n) is 5.76. The Bertz CT molecular complexity index is 852. The summed E-state index contributed by atoms with van der Waals surface area (Å²) < 4.78 is 0. The maximum Gasteiger partial charge on any atom is 0.239 e. The van der Waals surface area contributed by atoms with E-state index < -0.39 is 5.41 Å². The summed E-state index contributed by atoms with van der Waals surface area (Å²) in [5.41, 5.74) is 1.78. The average Bonchev–Trinajstić information content (AvgIpc) is 2.89. The lowest BCUT2D eigenvalue weighted by atomic mass is 9.72. The zero-order valence-electron chi connectivity index (χ0n) is 19.6. The predicted octanol–water partition coefficient (Wildman–Crippen LogP) is 3.29. The second-order valence-electron chi connectivity index (χ2n) is 10.3. The summed E-state index contributed by atoms with van der Waals surface area (Å²) in [5.74, 6) is 0.402. The van der Waals surface area contributed by atoms with Crippen LogP contribution in [0.1, 0.15) is 69.9 Å². The van der Waals surface area contributed by atoms with Crippen LogP contribution >= 0.6 is 0 Å². The molecule has 6 nitrogen and oxygen atoms in total. The van der Waals surface area contributed by atoms with Crippen LogP contribution in [0.2, 0.25) is 0 Å². The van der Waals surface area contributed by atoms with Crippen LogP contribution in [0.4, 0.5) is 0 Å². The summed E-state index contributed by atoms with van der Waals surface area (Å²) in [6.45, 7) is 5.67. The molecule has 0 atom stereocenters. The Morgan fingerprint density at radius 1 is 1.06 bits per heavy atom. The van der Waals surface area contributed by atoms with Crippen molar-refractivity contribution in [2.24, 2.45) is 11.3 Å². The van der Waals surface area contributed by atoms with Gasteiger partial charge in [-0.1, -0.05) is 43.5 Å². The van der Waals surface area contributed by atoms with Crippen molar-refractivity contribution >= 4 is 17.7 Å². The van der Waals surface area contributed by atoms with E-state index in [1.54, 1.807) is 4.90 Å². The molecule has 0 radical (unpaired) electrons. The van der Waals surface area contributed by atoms with Gasteiger partial charge in [-0.2, -0.15) is 0 Å². The number of benzene rings is 1. The Morgan fingerprint density at radius 3 is 2.38 bits per heavy atom. The van der Waals surface area contributed by atoms with Crippen LogP contribution in [-0.4, -0.2) is 53.2 Å². The van der Waals surface area contributed by atoms with Crippen LogP contribution < -0.4 is 5.32 Å². The molecule has 1 saturated heterocycles. The summed E-state index contributed by atoms with van der Waals surface area (Å²) in [6, 6.07) is 8.25. The number of rotatable bonds is 4. The molecule has 3 amide bonds. The first-order chi connectivity index (χ1) is 15.4. The number of amides is 3. The summed E-state index contributed by atoms with van der Waals surface area (Å²) in [7, 11) is 0. The number of nitrogens with one attached hydrogen (secondary N) is 1. The third-order valence-corrected chi connectivity index (χ3v) is 7.52. The zero-order chi connectivity index (χ0) is 22.7. The maximum atomic E-state index is 13.8. The highest BCUT2D eigenvalue weighted by Crippen LogP contribution is 2.41. The molecular weight excluding hydrogens is 402 g/mol. The molecule has 174 valence electrons. The van der Waals surface area contributed by atoms with Gasteiger partial charge in [0.2, 0.25) is 17.7 Å². The minimum absolute atomic E-state index is 0.0415. The SMILES string of the molecule is CC(C)NC(=O)CN1Cc2ccccc2CC2(CCN(C(=O)C3CCCCC3)CC2)C1=O. The van der Waals surface area contributed by atoms with Crippen molar-refractivity contribution in [3.63, 3.8) is 0 Å². The van der Waals surface area contributed by atoms with E-state index in [1.165, 1.54) is 12.0 Å². The van der Waals surface area contributed by atoms with Crippen LogP contribution in [-0.2, 0) is 27.3 Å². The topological polar surface area (TPSA) is 69.7 Å². The number of hydrogen-bond acceptors (Lipinski definition) is 3. The van der Waals surface area contributed by atoms with E-state index in [0.717, 1.165) is 31.2 Å². The molecule has 1 aromatic carbocycles. The molecule has 1 aliphatic carbocycles. The molecule has 2 fully saturated rings. The number of nitrogens with zero attached hydrogens (tertiary/aromatic N) is 2. The maximum absolute atomic E-state index is 13.8. The highest BCUT2D eigenvalue weighted by molar-refractivity contribution is 5.89. The third kappa shape index (κ3) is 4.84. The molecule has 6 heteroatoms. The number of carbonyl (C=O) groups is 3. The van der Waals surface area contributed by atoms with Gasteiger partial charge >= 0.3 is 0 Å². The van der Waals surface area contributed by atoms with Crippen LogP contribution in [0, 0.1) is 11.3 Å². The van der Waals surface area contributed by atoms with Crippen LogP contribution in [0.5, 0.6) is 0 Å².